The average Bonchev–Trinajstić information content (AvgIpc) is 2.80. The molecule has 0 unspecified atom stereocenters. The first-order chi connectivity index (χ1) is 15.1. The van der Waals surface area contributed by atoms with Crippen LogP contribution in [-0.2, 0) is 4.79 Å². The fourth-order valence-electron chi connectivity index (χ4n) is 3.28. The number of amides is 2. The van der Waals surface area contributed by atoms with E-state index in [4.69, 9.17) is 4.74 Å². The van der Waals surface area contributed by atoms with Gasteiger partial charge in [0.1, 0.15) is 5.75 Å². The Morgan fingerprint density at radius 1 is 0.903 bits per heavy atom. The Kier molecular flexibility index (Phi) is 8.01. The van der Waals surface area contributed by atoms with Crippen molar-refractivity contribution < 1.29 is 14.3 Å². The lowest BCUT2D eigenvalue weighted by Crippen LogP contribution is -2.34. The van der Waals surface area contributed by atoms with Crippen molar-refractivity contribution in [3.63, 3.8) is 0 Å². The highest BCUT2D eigenvalue weighted by molar-refractivity contribution is 5.96. The Morgan fingerprint density at radius 2 is 1.61 bits per heavy atom. The van der Waals surface area contributed by atoms with Gasteiger partial charge in [-0.3, -0.25) is 9.59 Å². The maximum Gasteiger partial charge on any atom is 0.262 e. The molecule has 3 aromatic carbocycles. The van der Waals surface area contributed by atoms with Crippen molar-refractivity contribution in [3.8, 4) is 5.75 Å². The van der Waals surface area contributed by atoms with Crippen molar-refractivity contribution in [2.75, 3.05) is 38.1 Å². The number of nitrogens with one attached hydrogen (secondary N) is 2. The number of fused-ring (bicyclic) bond motifs is 1. The summed E-state index contributed by atoms with van der Waals surface area (Å²) in [6, 6.07) is 20.5. The van der Waals surface area contributed by atoms with Crippen LogP contribution in [0.2, 0.25) is 0 Å². The zero-order valence-corrected chi connectivity index (χ0v) is 18.1. The Morgan fingerprint density at radius 3 is 2.32 bits per heavy atom. The topological polar surface area (TPSA) is 70.7 Å². The molecule has 31 heavy (non-hydrogen) atoms. The maximum absolute atomic E-state index is 12.3. The molecule has 0 aromatic heterocycles. The Bertz CT molecular complexity index is 1010. The predicted molar refractivity (Wildman–Crippen MR) is 125 cm³/mol. The van der Waals surface area contributed by atoms with Gasteiger partial charge in [-0.15, -0.1) is 0 Å². The minimum absolute atomic E-state index is 0.0913. The Balaban J connectivity index is 1.46. The first-order valence-corrected chi connectivity index (χ1v) is 10.6. The van der Waals surface area contributed by atoms with Crippen molar-refractivity contribution in [1.29, 1.82) is 0 Å². The number of hydrogen-bond donors (Lipinski definition) is 2. The van der Waals surface area contributed by atoms with E-state index in [-0.39, 0.29) is 18.4 Å². The number of ether oxygens (including phenoxy) is 1. The average molecular weight is 420 g/mol. The number of hydrogen-bond acceptors (Lipinski definition) is 4. The van der Waals surface area contributed by atoms with Crippen molar-refractivity contribution in [2.24, 2.45) is 0 Å². The second-order valence-corrected chi connectivity index (χ2v) is 7.21. The van der Waals surface area contributed by atoms with E-state index < -0.39 is 0 Å². The minimum atomic E-state index is -0.260. The lowest BCUT2D eigenvalue weighted by Gasteiger charge is -2.18. The molecule has 0 saturated carbocycles. The second-order valence-electron chi connectivity index (χ2n) is 7.21. The molecule has 0 aliphatic carbocycles. The van der Waals surface area contributed by atoms with Crippen LogP contribution in [0.15, 0.2) is 66.7 Å². The summed E-state index contributed by atoms with van der Waals surface area (Å²) in [7, 11) is 0. The van der Waals surface area contributed by atoms with Gasteiger partial charge in [0.25, 0.3) is 11.8 Å². The van der Waals surface area contributed by atoms with E-state index in [1.54, 1.807) is 24.3 Å². The molecule has 6 nitrogen and oxygen atoms in total. The highest BCUT2D eigenvalue weighted by Gasteiger charge is 2.08. The van der Waals surface area contributed by atoms with Gasteiger partial charge in [0, 0.05) is 24.3 Å². The fourth-order valence-corrected chi connectivity index (χ4v) is 3.28. The molecule has 0 aliphatic rings. The molecule has 6 heteroatoms. The van der Waals surface area contributed by atoms with Crippen molar-refractivity contribution in [3.05, 3.63) is 72.3 Å². The van der Waals surface area contributed by atoms with Crippen LogP contribution in [0.4, 0.5) is 5.69 Å². The number of carbonyl (C=O) groups excluding carboxylic acids is 2. The highest BCUT2D eigenvalue weighted by Crippen LogP contribution is 2.20. The SMILES string of the molecule is CCN(CC)CCNC(=O)c1ccc(NC(=O)COc2ccc3ccccc3c2)cc1. The van der Waals surface area contributed by atoms with Crippen molar-refractivity contribution >= 4 is 28.3 Å². The van der Waals surface area contributed by atoms with Crippen LogP contribution >= 0.6 is 0 Å². The number of carbonyl (C=O) groups is 2. The van der Waals surface area contributed by atoms with Crippen molar-refractivity contribution in [2.45, 2.75) is 13.8 Å². The summed E-state index contributed by atoms with van der Waals surface area (Å²) in [6.45, 7) is 7.47. The van der Waals surface area contributed by atoms with Crippen LogP contribution < -0.4 is 15.4 Å². The molecule has 0 saturated heterocycles. The molecule has 2 N–H and O–H groups in total. The number of rotatable bonds is 10. The number of nitrogens with zero attached hydrogens (tertiary/aromatic N) is 1. The summed E-state index contributed by atoms with van der Waals surface area (Å²) in [6.07, 6.45) is 0. The molecule has 2 amide bonds. The van der Waals surface area contributed by atoms with Gasteiger partial charge in [-0.05, 0) is 60.3 Å². The Hall–Kier alpha value is -3.38. The lowest BCUT2D eigenvalue weighted by atomic mass is 10.1. The van der Waals surface area contributed by atoms with E-state index in [0.29, 0.717) is 23.5 Å². The van der Waals surface area contributed by atoms with Crippen LogP contribution in [0, 0.1) is 0 Å². The summed E-state index contributed by atoms with van der Waals surface area (Å²) >= 11 is 0. The van der Waals surface area contributed by atoms with Gasteiger partial charge in [0.05, 0.1) is 0 Å². The van der Waals surface area contributed by atoms with Crippen LogP contribution in [0.5, 0.6) is 5.75 Å². The second kappa shape index (κ2) is 11.1. The van der Waals surface area contributed by atoms with Gasteiger partial charge in [-0.1, -0.05) is 44.2 Å². The largest absolute Gasteiger partial charge is 0.484 e. The van der Waals surface area contributed by atoms with E-state index in [2.05, 4.69) is 29.4 Å². The summed E-state index contributed by atoms with van der Waals surface area (Å²) in [5.41, 5.74) is 1.18. The smallest absolute Gasteiger partial charge is 0.262 e. The number of anilines is 1. The molecule has 162 valence electrons. The normalized spacial score (nSPS) is 10.8. The third kappa shape index (κ3) is 6.55. The summed E-state index contributed by atoms with van der Waals surface area (Å²) in [4.78, 5) is 26.7. The molecule has 3 rings (SSSR count). The maximum atomic E-state index is 12.3. The molecule has 0 aliphatic heterocycles. The Labute approximate surface area is 183 Å². The van der Waals surface area contributed by atoms with Gasteiger partial charge in [-0.2, -0.15) is 0 Å². The zero-order chi connectivity index (χ0) is 22.1. The van der Waals surface area contributed by atoms with Gasteiger partial charge < -0.3 is 20.3 Å². The van der Waals surface area contributed by atoms with Gasteiger partial charge >= 0.3 is 0 Å². The highest BCUT2D eigenvalue weighted by atomic mass is 16.5. The van der Waals surface area contributed by atoms with E-state index in [1.165, 1.54) is 0 Å². The van der Waals surface area contributed by atoms with Crippen molar-refractivity contribution in [1.82, 2.24) is 10.2 Å². The lowest BCUT2D eigenvalue weighted by molar-refractivity contribution is -0.118. The number of benzene rings is 3. The van der Waals surface area contributed by atoms with Gasteiger partial charge in [0.15, 0.2) is 6.61 Å². The molecule has 0 bridgehead atoms. The van der Waals surface area contributed by atoms with Crippen LogP contribution in [0.1, 0.15) is 24.2 Å². The van der Waals surface area contributed by atoms with Crippen LogP contribution in [0.25, 0.3) is 10.8 Å². The summed E-state index contributed by atoms with van der Waals surface area (Å²) in [5, 5.41) is 7.89. The predicted octanol–water partition coefficient (Wildman–Crippen LogP) is 3.93. The van der Waals surface area contributed by atoms with Gasteiger partial charge in [-0.25, -0.2) is 0 Å². The number of likely N-dealkylation sites (N-methyl/N-ethyl adjacent to an activating group) is 1. The molecule has 0 radical (unpaired) electrons. The molecule has 0 heterocycles. The summed E-state index contributed by atoms with van der Waals surface area (Å²) in [5.74, 6) is 0.264. The molecule has 3 aromatic rings. The van der Waals surface area contributed by atoms with E-state index in [9.17, 15) is 9.59 Å². The first kappa shape index (κ1) is 22.3. The monoisotopic (exact) mass is 419 g/mol. The molecular formula is C25H29N3O3. The van der Waals surface area contributed by atoms with E-state index in [1.807, 2.05) is 42.5 Å². The fraction of sp³-hybridized carbons (Fsp3) is 0.280. The van der Waals surface area contributed by atoms with Gasteiger partial charge in [0.2, 0.25) is 0 Å². The molecule has 0 atom stereocenters. The molecule has 0 fully saturated rings. The third-order valence-electron chi connectivity index (χ3n) is 5.13. The zero-order valence-electron chi connectivity index (χ0n) is 18.1. The van der Waals surface area contributed by atoms with E-state index in [0.717, 1.165) is 30.4 Å². The quantitative estimate of drug-likeness (QED) is 0.522. The standard InChI is InChI=1S/C25H29N3O3/c1-3-28(4-2)16-15-26-25(30)20-9-12-22(13-10-20)27-24(29)18-31-23-14-11-19-7-5-6-8-21(19)17-23/h5-14,17H,3-4,15-16,18H2,1-2H3,(H,26,30)(H,27,29). The summed E-state index contributed by atoms with van der Waals surface area (Å²) < 4.78 is 5.61. The van der Waals surface area contributed by atoms with Crippen LogP contribution in [-0.4, -0.2) is 49.5 Å². The third-order valence-corrected chi connectivity index (χ3v) is 5.13. The minimum Gasteiger partial charge on any atom is -0.484 e. The van der Waals surface area contributed by atoms with E-state index >= 15 is 0 Å². The molecule has 0 spiro atoms. The molecular weight excluding hydrogens is 390 g/mol. The first-order valence-electron chi connectivity index (χ1n) is 10.6. The van der Waals surface area contributed by atoms with Crippen LogP contribution in [0.3, 0.4) is 0 Å².